The Balaban J connectivity index is 4.25. The molecule has 0 aromatic heterocycles. The summed E-state index contributed by atoms with van der Waals surface area (Å²) in [4.78, 5) is 0. The lowest BCUT2D eigenvalue weighted by atomic mass is 9.79. The normalized spacial score (nSPS) is 18.2. The lowest BCUT2D eigenvalue weighted by Gasteiger charge is -2.30. The van der Waals surface area contributed by atoms with Crippen LogP contribution in [0.4, 0.5) is 0 Å². The average Bonchev–Trinajstić information content (AvgIpc) is 1.99. The number of aliphatic hydroxyl groups is 1. The van der Waals surface area contributed by atoms with Crippen LogP contribution in [0.5, 0.6) is 0 Å². The fourth-order valence-corrected chi connectivity index (χ4v) is 1.05. The van der Waals surface area contributed by atoms with Gasteiger partial charge in [-0.05, 0) is 39.0 Å². The van der Waals surface area contributed by atoms with Crippen molar-refractivity contribution in [2.75, 3.05) is 0 Å². The van der Waals surface area contributed by atoms with Gasteiger partial charge in [0.15, 0.2) is 0 Å². The molecule has 0 amide bonds. The molecule has 0 aliphatic rings. The highest BCUT2D eigenvalue weighted by molar-refractivity contribution is 4.97. The number of allylic oxidation sites excluding steroid dienone is 2. The van der Waals surface area contributed by atoms with Crippen molar-refractivity contribution in [2.24, 2.45) is 5.41 Å². The Labute approximate surface area is 76.5 Å². The summed E-state index contributed by atoms with van der Waals surface area (Å²) in [5.74, 6) is 0. The Hall–Kier alpha value is -0.300. The van der Waals surface area contributed by atoms with Crippen LogP contribution in [-0.2, 0) is 0 Å². The molecule has 0 aliphatic carbocycles. The van der Waals surface area contributed by atoms with Gasteiger partial charge >= 0.3 is 0 Å². The van der Waals surface area contributed by atoms with Gasteiger partial charge in [-0.2, -0.15) is 0 Å². The van der Waals surface area contributed by atoms with Gasteiger partial charge in [-0.1, -0.05) is 25.5 Å². The molecule has 0 radical (unpaired) electrons. The van der Waals surface area contributed by atoms with E-state index >= 15 is 0 Å². The zero-order chi connectivity index (χ0) is 9.78. The molecule has 2 unspecified atom stereocenters. The molecular weight excluding hydrogens is 148 g/mol. The third-order valence-electron chi connectivity index (χ3n) is 2.79. The first-order chi connectivity index (χ1) is 5.42. The van der Waals surface area contributed by atoms with Gasteiger partial charge in [-0.15, -0.1) is 0 Å². The quantitative estimate of drug-likeness (QED) is 0.643. The summed E-state index contributed by atoms with van der Waals surface area (Å²) in [7, 11) is 0. The van der Waals surface area contributed by atoms with Crippen LogP contribution in [0.1, 0.15) is 47.5 Å². The Morgan fingerprint density at radius 2 is 2.00 bits per heavy atom. The van der Waals surface area contributed by atoms with Crippen molar-refractivity contribution in [1.29, 1.82) is 0 Å². The maximum absolute atomic E-state index is 9.56. The second-order valence-corrected chi connectivity index (χ2v) is 4.17. The zero-order valence-corrected chi connectivity index (χ0v) is 9.02. The number of hydrogen-bond donors (Lipinski definition) is 1. The van der Waals surface area contributed by atoms with Gasteiger partial charge in [0.05, 0.1) is 6.10 Å². The summed E-state index contributed by atoms with van der Waals surface area (Å²) < 4.78 is 0. The second-order valence-electron chi connectivity index (χ2n) is 4.17. The maximum atomic E-state index is 9.56. The molecule has 0 bridgehead atoms. The van der Waals surface area contributed by atoms with Gasteiger partial charge in [-0.3, -0.25) is 0 Å². The molecule has 0 rings (SSSR count). The molecule has 0 fully saturated rings. The highest BCUT2D eigenvalue weighted by Gasteiger charge is 2.26. The molecule has 1 heteroatoms. The Morgan fingerprint density at radius 1 is 1.50 bits per heavy atom. The largest absolute Gasteiger partial charge is 0.393 e. The summed E-state index contributed by atoms with van der Waals surface area (Å²) in [6.07, 6.45) is 3.98. The van der Waals surface area contributed by atoms with E-state index in [1.165, 1.54) is 5.57 Å². The van der Waals surface area contributed by atoms with Crippen LogP contribution in [0, 0.1) is 5.41 Å². The third kappa shape index (κ3) is 3.40. The van der Waals surface area contributed by atoms with Crippen LogP contribution >= 0.6 is 0 Å². The summed E-state index contributed by atoms with van der Waals surface area (Å²) in [5, 5.41) is 9.56. The first kappa shape index (κ1) is 11.7. The molecule has 0 saturated carbocycles. The molecule has 2 atom stereocenters. The van der Waals surface area contributed by atoms with Crippen molar-refractivity contribution >= 4 is 0 Å². The molecule has 0 aromatic carbocycles. The summed E-state index contributed by atoms with van der Waals surface area (Å²) in [5.41, 5.74) is 1.38. The van der Waals surface area contributed by atoms with Crippen LogP contribution < -0.4 is 0 Å². The predicted octanol–water partition coefficient (Wildman–Crippen LogP) is 3.14. The van der Waals surface area contributed by atoms with Crippen molar-refractivity contribution in [3.8, 4) is 0 Å². The number of hydrogen-bond acceptors (Lipinski definition) is 1. The smallest absolute Gasteiger partial charge is 0.0568 e. The first-order valence-electron chi connectivity index (χ1n) is 4.74. The maximum Gasteiger partial charge on any atom is 0.0568 e. The van der Waals surface area contributed by atoms with Gasteiger partial charge in [0, 0.05) is 0 Å². The minimum Gasteiger partial charge on any atom is -0.393 e. The SMILES string of the molecule is CCC(C)(CC=C(C)C)C(C)O. The molecule has 0 saturated heterocycles. The van der Waals surface area contributed by atoms with Crippen molar-refractivity contribution in [3.05, 3.63) is 11.6 Å². The molecular formula is C11H22O. The summed E-state index contributed by atoms with van der Waals surface area (Å²) >= 11 is 0. The predicted molar refractivity (Wildman–Crippen MR) is 54.1 cm³/mol. The highest BCUT2D eigenvalue weighted by atomic mass is 16.3. The van der Waals surface area contributed by atoms with E-state index in [1.54, 1.807) is 0 Å². The molecule has 1 nitrogen and oxygen atoms in total. The first-order valence-corrected chi connectivity index (χ1v) is 4.74. The van der Waals surface area contributed by atoms with Gasteiger partial charge < -0.3 is 5.11 Å². The van der Waals surface area contributed by atoms with Gasteiger partial charge in [-0.25, -0.2) is 0 Å². The van der Waals surface area contributed by atoms with Crippen molar-refractivity contribution in [3.63, 3.8) is 0 Å². The minimum atomic E-state index is -0.224. The van der Waals surface area contributed by atoms with E-state index in [4.69, 9.17) is 0 Å². The Kier molecular flexibility index (Phi) is 4.54. The van der Waals surface area contributed by atoms with Crippen molar-refractivity contribution < 1.29 is 5.11 Å². The zero-order valence-electron chi connectivity index (χ0n) is 9.02. The van der Waals surface area contributed by atoms with Crippen LogP contribution in [0.15, 0.2) is 11.6 Å². The number of rotatable bonds is 4. The van der Waals surface area contributed by atoms with Crippen LogP contribution in [0.2, 0.25) is 0 Å². The Morgan fingerprint density at radius 3 is 2.25 bits per heavy atom. The molecule has 0 aliphatic heterocycles. The van der Waals surface area contributed by atoms with E-state index < -0.39 is 0 Å². The lowest BCUT2D eigenvalue weighted by molar-refractivity contribution is 0.0513. The Bertz CT molecular complexity index is 154. The van der Waals surface area contributed by atoms with E-state index in [0.717, 1.165) is 12.8 Å². The molecule has 0 spiro atoms. The van der Waals surface area contributed by atoms with E-state index in [-0.39, 0.29) is 11.5 Å². The van der Waals surface area contributed by atoms with Gasteiger partial charge in [0.2, 0.25) is 0 Å². The van der Waals surface area contributed by atoms with E-state index in [9.17, 15) is 5.11 Å². The molecule has 12 heavy (non-hydrogen) atoms. The van der Waals surface area contributed by atoms with E-state index in [1.807, 2.05) is 6.92 Å². The van der Waals surface area contributed by atoms with E-state index in [0.29, 0.717) is 0 Å². The van der Waals surface area contributed by atoms with Gasteiger partial charge in [0.1, 0.15) is 0 Å². The highest BCUT2D eigenvalue weighted by Crippen LogP contribution is 2.30. The fourth-order valence-electron chi connectivity index (χ4n) is 1.05. The number of aliphatic hydroxyl groups excluding tert-OH is 1. The van der Waals surface area contributed by atoms with Crippen LogP contribution in [0.25, 0.3) is 0 Å². The fraction of sp³-hybridized carbons (Fsp3) is 0.818. The van der Waals surface area contributed by atoms with Crippen LogP contribution in [0.3, 0.4) is 0 Å². The molecule has 1 N–H and O–H groups in total. The molecule has 0 heterocycles. The standard InChI is InChI=1S/C11H22O/c1-6-11(5,10(4)12)8-7-9(2)3/h7,10,12H,6,8H2,1-5H3. The van der Waals surface area contributed by atoms with Gasteiger partial charge in [0.25, 0.3) is 0 Å². The average molecular weight is 170 g/mol. The molecule has 72 valence electrons. The van der Waals surface area contributed by atoms with Crippen LogP contribution in [-0.4, -0.2) is 11.2 Å². The summed E-state index contributed by atoms with van der Waals surface area (Å²) in [6.45, 7) is 10.3. The lowest BCUT2D eigenvalue weighted by Crippen LogP contribution is -2.28. The minimum absolute atomic E-state index is 0.0528. The second kappa shape index (κ2) is 4.66. The molecule has 0 aromatic rings. The topological polar surface area (TPSA) is 20.2 Å². The third-order valence-corrected chi connectivity index (χ3v) is 2.79. The van der Waals surface area contributed by atoms with Crippen molar-refractivity contribution in [1.82, 2.24) is 0 Å². The summed E-state index contributed by atoms with van der Waals surface area (Å²) in [6, 6.07) is 0. The van der Waals surface area contributed by atoms with Crippen molar-refractivity contribution in [2.45, 2.75) is 53.6 Å². The monoisotopic (exact) mass is 170 g/mol. The van der Waals surface area contributed by atoms with E-state index in [2.05, 4.69) is 33.8 Å².